The van der Waals surface area contributed by atoms with Crippen molar-refractivity contribution in [2.45, 2.75) is 32.8 Å². The molecule has 0 saturated carbocycles. The Bertz CT molecular complexity index is 317. The van der Waals surface area contributed by atoms with Crippen LogP contribution in [0.1, 0.15) is 27.2 Å². The van der Waals surface area contributed by atoms with Gasteiger partial charge in [-0.05, 0) is 20.8 Å². The van der Waals surface area contributed by atoms with Crippen molar-refractivity contribution < 1.29 is 19.4 Å². The van der Waals surface area contributed by atoms with E-state index in [0.717, 1.165) is 13.1 Å². The third kappa shape index (κ3) is 6.54. The number of aliphatic carboxylic acids is 1. The molecule has 1 N–H and O–H groups in total. The summed E-state index contributed by atoms with van der Waals surface area (Å²) in [5.74, 6) is -0.773. The number of amides is 1. The summed E-state index contributed by atoms with van der Waals surface area (Å²) >= 11 is 0. The summed E-state index contributed by atoms with van der Waals surface area (Å²) in [4.78, 5) is 26.2. The van der Waals surface area contributed by atoms with E-state index in [4.69, 9.17) is 9.84 Å². The van der Waals surface area contributed by atoms with Crippen molar-refractivity contribution in [3.8, 4) is 0 Å². The van der Waals surface area contributed by atoms with Gasteiger partial charge >= 0.3 is 5.97 Å². The van der Waals surface area contributed by atoms with Gasteiger partial charge in [-0.25, -0.2) is 0 Å². The maximum Gasteiger partial charge on any atom is 0.304 e. The Kier molecular flexibility index (Phi) is 5.75. The Morgan fingerprint density at radius 3 is 2.21 bits per heavy atom. The van der Waals surface area contributed by atoms with Gasteiger partial charge in [-0.3, -0.25) is 14.5 Å². The fraction of sp³-hybridized carbons (Fsp3) is 0.846. The van der Waals surface area contributed by atoms with Crippen LogP contribution in [-0.2, 0) is 14.3 Å². The first kappa shape index (κ1) is 15.9. The number of piperazine rings is 1. The Balaban J connectivity index is 2.25. The lowest BCUT2D eigenvalue weighted by molar-refractivity contribution is -0.143. The zero-order chi connectivity index (χ0) is 14.5. The minimum atomic E-state index is -0.780. The second kappa shape index (κ2) is 6.86. The van der Waals surface area contributed by atoms with E-state index in [-0.39, 0.29) is 24.5 Å². The van der Waals surface area contributed by atoms with Crippen LogP contribution in [0.2, 0.25) is 0 Å². The van der Waals surface area contributed by atoms with Gasteiger partial charge in [0.15, 0.2) is 0 Å². The smallest absolute Gasteiger partial charge is 0.304 e. The zero-order valence-corrected chi connectivity index (χ0v) is 12.0. The first-order valence-corrected chi connectivity index (χ1v) is 6.64. The molecular weight excluding hydrogens is 248 g/mol. The van der Waals surface area contributed by atoms with Gasteiger partial charge in [-0.2, -0.15) is 0 Å². The van der Waals surface area contributed by atoms with Crippen LogP contribution in [0, 0.1) is 0 Å². The lowest BCUT2D eigenvalue weighted by Crippen LogP contribution is -2.50. The Labute approximate surface area is 114 Å². The fourth-order valence-electron chi connectivity index (χ4n) is 1.84. The first-order chi connectivity index (χ1) is 8.78. The van der Waals surface area contributed by atoms with Crippen LogP contribution in [0.4, 0.5) is 0 Å². The highest BCUT2D eigenvalue weighted by molar-refractivity contribution is 5.77. The molecule has 1 aliphatic heterocycles. The monoisotopic (exact) mass is 272 g/mol. The minimum absolute atomic E-state index is 0.00723. The molecule has 1 amide bonds. The third-order valence-electron chi connectivity index (χ3n) is 3.00. The van der Waals surface area contributed by atoms with Gasteiger partial charge in [0.05, 0.1) is 12.0 Å². The predicted molar refractivity (Wildman–Crippen MR) is 71.0 cm³/mol. The van der Waals surface area contributed by atoms with E-state index < -0.39 is 5.97 Å². The maximum absolute atomic E-state index is 11.9. The van der Waals surface area contributed by atoms with Crippen molar-refractivity contribution in [3.05, 3.63) is 0 Å². The summed E-state index contributed by atoms with van der Waals surface area (Å²) in [5.41, 5.74) is -0.307. The summed E-state index contributed by atoms with van der Waals surface area (Å²) in [5, 5.41) is 8.62. The van der Waals surface area contributed by atoms with E-state index in [9.17, 15) is 9.59 Å². The molecule has 0 bridgehead atoms. The zero-order valence-electron chi connectivity index (χ0n) is 12.0. The average molecular weight is 272 g/mol. The number of hydrogen-bond donors (Lipinski definition) is 1. The van der Waals surface area contributed by atoms with Crippen molar-refractivity contribution in [1.29, 1.82) is 0 Å². The number of rotatable bonds is 5. The van der Waals surface area contributed by atoms with E-state index in [2.05, 4.69) is 4.90 Å². The van der Waals surface area contributed by atoms with Crippen molar-refractivity contribution in [3.63, 3.8) is 0 Å². The highest BCUT2D eigenvalue weighted by Gasteiger charge is 2.22. The number of nitrogens with zero attached hydrogens (tertiary/aromatic N) is 2. The first-order valence-electron chi connectivity index (χ1n) is 6.64. The summed E-state index contributed by atoms with van der Waals surface area (Å²) in [6, 6.07) is 0. The molecule has 0 radical (unpaired) electrons. The number of carboxylic acid groups (broad SMARTS) is 1. The van der Waals surface area contributed by atoms with Gasteiger partial charge in [0.1, 0.15) is 6.61 Å². The van der Waals surface area contributed by atoms with Crippen LogP contribution in [0.5, 0.6) is 0 Å². The van der Waals surface area contributed by atoms with Crippen molar-refractivity contribution >= 4 is 11.9 Å². The average Bonchev–Trinajstić information content (AvgIpc) is 2.33. The maximum atomic E-state index is 11.9. The van der Waals surface area contributed by atoms with Gasteiger partial charge in [0, 0.05) is 32.7 Å². The number of carboxylic acids is 1. The summed E-state index contributed by atoms with van der Waals surface area (Å²) in [6.45, 7) is 9.17. The second-order valence-electron chi connectivity index (χ2n) is 5.77. The molecule has 0 spiro atoms. The number of carbonyl (C=O) groups is 2. The van der Waals surface area contributed by atoms with E-state index in [0.29, 0.717) is 19.6 Å². The minimum Gasteiger partial charge on any atom is -0.481 e. The van der Waals surface area contributed by atoms with E-state index in [1.807, 2.05) is 20.8 Å². The van der Waals surface area contributed by atoms with Crippen molar-refractivity contribution in [2.24, 2.45) is 0 Å². The lowest BCUT2D eigenvalue weighted by Gasteiger charge is -2.35. The molecule has 6 heteroatoms. The van der Waals surface area contributed by atoms with Crippen molar-refractivity contribution in [1.82, 2.24) is 9.80 Å². The SMILES string of the molecule is CC(C)(C)OCC(=O)N1CCN(CCC(=O)O)CC1. The number of carbonyl (C=O) groups excluding carboxylic acids is 1. The normalized spacial score (nSPS) is 17.5. The molecule has 1 fully saturated rings. The lowest BCUT2D eigenvalue weighted by atomic mass is 10.2. The quantitative estimate of drug-likeness (QED) is 0.785. The van der Waals surface area contributed by atoms with Crippen LogP contribution in [0.25, 0.3) is 0 Å². The van der Waals surface area contributed by atoms with E-state index in [1.54, 1.807) is 4.90 Å². The van der Waals surface area contributed by atoms with Gasteiger partial charge < -0.3 is 14.7 Å². The van der Waals surface area contributed by atoms with Crippen molar-refractivity contribution in [2.75, 3.05) is 39.3 Å². The number of hydrogen-bond acceptors (Lipinski definition) is 4. The topological polar surface area (TPSA) is 70.1 Å². The largest absolute Gasteiger partial charge is 0.481 e. The molecule has 6 nitrogen and oxygen atoms in total. The molecule has 0 aromatic heterocycles. The molecule has 0 aromatic rings. The van der Waals surface area contributed by atoms with Gasteiger partial charge in [0.2, 0.25) is 5.91 Å². The van der Waals surface area contributed by atoms with E-state index in [1.165, 1.54) is 0 Å². The summed E-state index contributed by atoms with van der Waals surface area (Å²) < 4.78 is 5.47. The molecule has 1 rings (SSSR count). The molecule has 0 aliphatic carbocycles. The van der Waals surface area contributed by atoms with Crippen LogP contribution >= 0.6 is 0 Å². The van der Waals surface area contributed by atoms with Gasteiger partial charge in [-0.15, -0.1) is 0 Å². The molecule has 19 heavy (non-hydrogen) atoms. The molecule has 0 unspecified atom stereocenters. The summed E-state index contributed by atoms with van der Waals surface area (Å²) in [7, 11) is 0. The van der Waals surface area contributed by atoms with Crippen LogP contribution in [0.3, 0.4) is 0 Å². The molecule has 1 heterocycles. The molecule has 0 aromatic carbocycles. The Morgan fingerprint density at radius 1 is 1.16 bits per heavy atom. The van der Waals surface area contributed by atoms with Gasteiger partial charge in [-0.1, -0.05) is 0 Å². The fourth-order valence-corrected chi connectivity index (χ4v) is 1.84. The standard InChI is InChI=1S/C13H24N2O4/c1-13(2,3)19-10-11(16)15-8-6-14(7-9-15)5-4-12(17)18/h4-10H2,1-3H3,(H,17,18). The second-order valence-corrected chi connectivity index (χ2v) is 5.77. The molecule has 0 atom stereocenters. The van der Waals surface area contributed by atoms with Crippen LogP contribution in [-0.4, -0.2) is 71.7 Å². The number of ether oxygens (including phenoxy) is 1. The highest BCUT2D eigenvalue weighted by atomic mass is 16.5. The molecular formula is C13H24N2O4. The Hall–Kier alpha value is -1.14. The third-order valence-corrected chi connectivity index (χ3v) is 3.00. The van der Waals surface area contributed by atoms with Gasteiger partial charge in [0.25, 0.3) is 0 Å². The molecule has 1 saturated heterocycles. The van der Waals surface area contributed by atoms with Crippen LogP contribution < -0.4 is 0 Å². The summed E-state index contributed by atoms with van der Waals surface area (Å²) in [6.07, 6.45) is 0.154. The molecule has 110 valence electrons. The van der Waals surface area contributed by atoms with E-state index >= 15 is 0 Å². The Morgan fingerprint density at radius 2 is 1.74 bits per heavy atom. The highest BCUT2D eigenvalue weighted by Crippen LogP contribution is 2.08. The predicted octanol–water partition coefficient (Wildman–Crippen LogP) is 0.420. The van der Waals surface area contributed by atoms with Crippen LogP contribution in [0.15, 0.2) is 0 Å². The molecule has 1 aliphatic rings.